The second-order valence-electron chi connectivity index (χ2n) is 5.94. The van der Waals surface area contributed by atoms with Crippen molar-refractivity contribution in [1.82, 2.24) is 25.0 Å². The molecule has 1 fully saturated rings. The fourth-order valence-electron chi connectivity index (χ4n) is 2.78. The average molecular weight is 357 g/mol. The number of aryl methyl sites for hydroxylation is 1. The summed E-state index contributed by atoms with van der Waals surface area (Å²) in [6.45, 7) is 2.06. The largest absolute Gasteiger partial charge is 0.370 e. The van der Waals surface area contributed by atoms with Crippen molar-refractivity contribution in [2.24, 2.45) is 12.0 Å². The molecule has 1 aliphatic heterocycles. The number of rotatable bonds is 4. The van der Waals surface area contributed by atoms with Gasteiger partial charge in [0.05, 0.1) is 37.8 Å². The Morgan fingerprint density at radius 1 is 1.46 bits per heavy atom. The Bertz CT molecular complexity index is 759. The second kappa shape index (κ2) is 8.43. The summed E-state index contributed by atoms with van der Waals surface area (Å²) in [5.74, 6) is 0.514. The number of nitrogens with zero attached hydrogens (tertiary/aromatic N) is 5. The van der Waals surface area contributed by atoms with Gasteiger partial charge in [-0.05, 0) is 12.1 Å². The van der Waals surface area contributed by atoms with E-state index in [1.54, 1.807) is 36.3 Å². The van der Waals surface area contributed by atoms with E-state index in [9.17, 15) is 4.79 Å². The lowest BCUT2D eigenvalue weighted by atomic mass is 10.1. The van der Waals surface area contributed by atoms with Crippen molar-refractivity contribution in [1.29, 1.82) is 0 Å². The lowest BCUT2D eigenvalue weighted by Gasteiger charge is -2.34. The van der Waals surface area contributed by atoms with Crippen LogP contribution in [0.1, 0.15) is 11.7 Å². The van der Waals surface area contributed by atoms with Gasteiger partial charge in [-0.15, -0.1) is 0 Å². The van der Waals surface area contributed by atoms with Gasteiger partial charge in [-0.25, -0.2) is 0 Å². The van der Waals surface area contributed by atoms with Gasteiger partial charge < -0.3 is 20.3 Å². The zero-order valence-electron chi connectivity index (χ0n) is 14.9. The Labute approximate surface area is 152 Å². The van der Waals surface area contributed by atoms with Crippen LogP contribution in [-0.2, 0) is 16.6 Å². The van der Waals surface area contributed by atoms with E-state index in [0.29, 0.717) is 31.3 Å². The van der Waals surface area contributed by atoms with Crippen LogP contribution in [0.15, 0.2) is 41.9 Å². The molecule has 0 radical (unpaired) electrons. The van der Waals surface area contributed by atoms with Gasteiger partial charge >= 0.3 is 0 Å². The Kier molecular flexibility index (Phi) is 5.80. The minimum absolute atomic E-state index is 0.0692. The number of hydrogen-bond acceptors (Lipinski definition) is 5. The molecule has 1 amide bonds. The molecular formula is C17H23N7O2. The first-order valence-electron chi connectivity index (χ1n) is 8.41. The maximum Gasteiger partial charge on any atom is 0.243 e. The number of morpholine rings is 1. The highest BCUT2D eigenvalue weighted by Crippen LogP contribution is 2.21. The molecule has 9 nitrogen and oxygen atoms in total. The van der Waals surface area contributed by atoms with E-state index >= 15 is 0 Å². The molecule has 2 N–H and O–H groups in total. The summed E-state index contributed by atoms with van der Waals surface area (Å²) in [6.07, 6.45) is 6.96. The first kappa shape index (κ1) is 17.9. The van der Waals surface area contributed by atoms with E-state index in [4.69, 9.17) is 4.74 Å². The van der Waals surface area contributed by atoms with Crippen LogP contribution in [0.25, 0.3) is 0 Å². The smallest absolute Gasteiger partial charge is 0.243 e. The van der Waals surface area contributed by atoms with Crippen LogP contribution in [-0.4, -0.2) is 64.8 Å². The third-order valence-electron chi connectivity index (χ3n) is 4.03. The Morgan fingerprint density at radius 3 is 3.04 bits per heavy atom. The summed E-state index contributed by atoms with van der Waals surface area (Å²) < 4.78 is 7.60. The fourth-order valence-corrected chi connectivity index (χ4v) is 2.78. The van der Waals surface area contributed by atoms with Crippen LogP contribution in [0.4, 0.5) is 5.69 Å². The Hall–Kier alpha value is -2.94. The minimum atomic E-state index is -0.156. The predicted octanol–water partition coefficient (Wildman–Crippen LogP) is 0.403. The molecule has 0 bridgehead atoms. The highest BCUT2D eigenvalue weighted by Gasteiger charge is 2.25. The number of ether oxygens (including phenoxy) is 1. The molecule has 1 saturated heterocycles. The van der Waals surface area contributed by atoms with E-state index in [1.807, 2.05) is 19.4 Å². The van der Waals surface area contributed by atoms with E-state index < -0.39 is 0 Å². The molecule has 0 saturated carbocycles. The molecule has 1 aliphatic rings. The fraction of sp³-hybridized carbons (Fsp3) is 0.412. The summed E-state index contributed by atoms with van der Waals surface area (Å²) in [6, 6.07) is 3.56. The molecule has 3 rings (SSSR count). The summed E-state index contributed by atoms with van der Waals surface area (Å²) >= 11 is 0. The number of pyridine rings is 1. The number of hydrogen-bond donors (Lipinski definition) is 2. The number of aromatic nitrogens is 3. The molecule has 138 valence electrons. The van der Waals surface area contributed by atoms with E-state index in [-0.39, 0.29) is 18.6 Å². The second-order valence-corrected chi connectivity index (χ2v) is 5.94. The number of guanidine groups is 1. The first-order valence-corrected chi connectivity index (χ1v) is 8.41. The Balaban J connectivity index is 1.54. The number of anilines is 1. The van der Waals surface area contributed by atoms with Crippen LogP contribution in [0.2, 0.25) is 0 Å². The molecule has 1 atom stereocenters. The lowest BCUT2D eigenvalue weighted by Crippen LogP contribution is -2.49. The zero-order chi connectivity index (χ0) is 18.4. The zero-order valence-corrected chi connectivity index (χ0v) is 14.9. The summed E-state index contributed by atoms with van der Waals surface area (Å²) in [4.78, 5) is 22.4. The number of nitrogens with one attached hydrogen (secondary N) is 2. The van der Waals surface area contributed by atoms with Gasteiger partial charge in [0.2, 0.25) is 5.91 Å². The molecule has 2 aromatic rings. The van der Waals surface area contributed by atoms with Gasteiger partial charge in [-0.3, -0.25) is 19.5 Å². The number of aliphatic imine (C=N–C) groups is 1. The quantitative estimate of drug-likeness (QED) is 0.607. The van der Waals surface area contributed by atoms with Crippen LogP contribution < -0.4 is 10.6 Å². The van der Waals surface area contributed by atoms with Crippen LogP contribution in [0.3, 0.4) is 0 Å². The van der Waals surface area contributed by atoms with Gasteiger partial charge in [0.15, 0.2) is 5.96 Å². The van der Waals surface area contributed by atoms with E-state index in [2.05, 4.69) is 30.6 Å². The third-order valence-corrected chi connectivity index (χ3v) is 4.03. The van der Waals surface area contributed by atoms with Crippen molar-refractivity contribution in [3.8, 4) is 0 Å². The molecule has 0 spiro atoms. The summed E-state index contributed by atoms with van der Waals surface area (Å²) in [7, 11) is 3.58. The van der Waals surface area contributed by atoms with E-state index in [1.165, 1.54) is 0 Å². The van der Waals surface area contributed by atoms with Crippen LogP contribution in [0, 0.1) is 0 Å². The summed E-state index contributed by atoms with van der Waals surface area (Å²) in [5.41, 5.74) is 1.69. The highest BCUT2D eigenvalue weighted by atomic mass is 16.5. The number of amides is 1. The predicted molar refractivity (Wildman–Crippen MR) is 97.7 cm³/mol. The van der Waals surface area contributed by atoms with Crippen molar-refractivity contribution >= 4 is 17.6 Å². The molecular weight excluding hydrogens is 334 g/mol. The van der Waals surface area contributed by atoms with Gasteiger partial charge in [0, 0.05) is 38.6 Å². The van der Waals surface area contributed by atoms with Crippen molar-refractivity contribution in [3.05, 3.63) is 42.5 Å². The molecule has 1 unspecified atom stereocenters. The highest BCUT2D eigenvalue weighted by molar-refractivity contribution is 5.94. The first-order chi connectivity index (χ1) is 12.7. The Morgan fingerprint density at radius 2 is 2.35 bits per heavy atom. The molecule has 9 heteroatoms. The van der Waals surface area contributed by atoms with Crippen molar-refractivity contribution < 1.29 is 9.53 Å². The van der Waals surface area contributed by atoms with Gasteiger partial charge in [-0.2, -0.15) is 5.10 Å². The molecule has 0 aromatic carbocycles. The maximum atomic E-state index is 12.1. The summed E-state index contributed by atoms with van der Waals surface area (Å²) in [5, 5.41) is 10.1. The van der Waals surface area contributed by atoms with Gasteiger partial charge in [0.1, 0.15) is 6.10 Å². The van der Waals surface area contributed by atoms with Gasteiger partial charge in [-0.1, -0.05) is 0 Å². The number of carbonyl (C=O) groups excluding carboxylic acids is 1. The minimum Gasteiger partial charge on any atom is -0.370 e. The standard InChI is InChI=1S/C17H23N7O2/c1-18-17(20-10-16(25)22-14-4-3-5-19-9-14)24-6-7-26-15(12-24)13-8-21-23(2)11-13/h3-5,8-9,11,15H,6-7,10,12H2,1-2H3,(H,18,20)(H,22,25). The van der Waals surface area contributed by atoms with Crippen molar-refractivity contribution in [3.63, 3.8) is 0 Å². The third kappa shape index (κ3) is 4.57. The average Bonchev–Trinajstić information content (AvgIpc) is 3.10. The molecule has 26 heavy (non-hydrogen) atoms. The SMILES string of the molecule is CN=C(NCC(=O)Nc1cccnc1)N1CCOC(c2cnn(C)c2)C1. The molecule has 2 aromatic heterocycles. The lowest BCUT2D eigenvalue weighted by molar-refractivity contribution is -0.115. The van der Waals surface area contributed by atoms with Crippen LogP contribution in [0.5, 0.6) is 0 Å². The number of carbonyl (C=O) groups is 1. The van der Waals surface area contributed by atoms with E-state index in [0.717, 1.165) is 5.56 Å². The van der Waals surface area contributed by atoms with Gasteiger partial charge in [0.25, 0.3) is 0 Å². The van der Waals surface area contributed by atoms with Crippen LogP contribution >= 0.6 is 0 Å². The normalized spacial score (nSPS) is 17.8. The van der Waals surface area contributed by atoms with Crippen molar-refractivity contribution in [2.45, 2.75) is 6.10 Å². The van der Waals surface area contributed by atoms with Crippen molar-refractivity contribution in [2.75, 3.05) is 38.6 Å². The topological polar surface area (TPSA) is 96.7 Å². The monoisotopic (exact) mass is 357 g/mol. The molecule has 3 heterocycles. The maximum absolute atomic E-state index is 12.1. The molecule has 0 aliphatic carbocycles.